The van der Waals surface area contributed by atoms with Gasteiger partial charge in [-0.2, -0.15) is 4.31 Å². The van der Waals surface area contributed by atoms with E-state index in [0.29, 0.717) is 31.6 Å². The molecule has 2 aliphatic rings. The number of aromatic amines is 1. The molecule has 0 aliphatic carbocycles. The number of fused-ring (bicyclic) bond motifs is 1. The zero-order valence-electron chi connectivity index (χ0n) is 19.4. The molecule has 3 heterocycles. The third-order valence-electron chi connectivity index (χ3n) is 6.97. The number of rotatable bonds is 7. The Morgan fingerprint density at radius 3 is 2.47 bits per heavy atom. The Kier molecular flexibility index (Phi) is 6.61. The van der Waals surface area contributed by atoms with Gasteiger partial charge in [0.15, 0.2) is 0 Å². The van der Waals surface area contributed by atoms with Crippen LogP contribution in [0.15, 0.2) is 53.6 Å². The maximum absolute atomic E-state index is 13.3. The zero-order chi connectivity index (χ0) is 23.5. The largest absolute Gasteiger partial charge is 0.371 e. The van der Waals surface area contributed by atoms with Crippen LogP contribution < -0.4 is 10.2 Å². The lowest BCUT2D eigenvalue weighted by Gasteiger charge is -2.27. The molecule has 8 heteroatoms. The Bertz CT molecular complexity index is 1270. The average molecular weight is 481 g/mol. The summed E-state index contributed by atoms with van der Waals surface area (Å²) in [5.74, 6) is -0.225. The van der Waals surface area contributed by atoms with E-state index >= 15 is 0 Å². The molecule has 0 atom stereocenters. The van der Waals surface area contributed by atoms with Gasteiger partial charge in [-0.25, -0.2) is 8.42 Å². The number of aromatic nitrogens is 1. The number of nitrogens with zero attached hydrogens (tertiary/aromatic N) is 2. The molecule has 0 saturated carbocycles. The van der Waals surface area contributed by atoms with Gasteiger partial charge in [0.1, 0.15) is 0 Å². The quantitative estimate of drug-likeness (QED) is 0.537. The third kappa shape index (κ3) is 4.57. The molecule has 5 rings (SSSR count). The van der Waals surface area contributed by atoms with E-state index in [4.69, 9.17) is 0 Å². The Hall–Kier alpha value is -2.84. The summed E-state index contributed by atoms with van der Waals surface area (Å²) in [5.41, 5.74) is 3.49. The van der Waals surface area contributed by atoms with Crippen molar-refractivity contribution in [1.29, 1.82) is 0 Å². The summed E-state index contributed by atoms with van der Waals surface area (Å²) in [4.78, 5) is 19.0. The number of anilines is 1. The maximum atomic E-state index is 13.3. The van der Waals surface area contributed by atoms with Crippen LogP contribution in [0.3, 0.4) is 0 Å². The molecule has 2 aromatic carbocycles. The summed E-state index contributed by atoms with van der Waals surface area (Å²) >= 11 is 0. The lowest BCUT2D eigenvalue weighted by molar-refractivity contribution is 0.0954. The topological polar surface area (TPSA) is 85.5 Å². The Labute approximate surface area is 201 Å². The maximum Gasteiger partial charge on any atom is 0.253 e. The first-order valence-corrected chi connectivity index (χ1v) is 13.7. The van der Waals surface area contributed by atoms with Gasteiger partial charge >= 0.3 is 0 Å². The third-order valence-corrected chi connectivity index (χ3v) is 8.86. The summed E-state index contributed by atoms with van der Waals surface area (Å²) in [5, 5.41) is 4.19. The van der Waals surface area contributed by atoms with Gasteiger partial charge in [-0.3, -0.25) is 4.79 Å². The smallest absolute Gasteiger partial charge is 0.253 e. The second-order valence-electron chi connectivity index (χ2n) is 9.20. The number of carbonyl (C=O) groups excluding carboxylic acids is 1. The molecule has 0 bridgehead atoms. The van der Waals surface area contributed by atoms with Gasteiger partial charge in [0.2, 0.25) is 10.0 Å². The highest BCUT2D eigenvalue weighted by Gasteiger charge is 2.28. The molecule has 3 aromatic rings. The Balaban J connectivity index is 1.37. The van der Waals surface area contributed by atoms with E-state index in [-0.39, 0.29) is 10.8 Å². The molecule has 34 heavy (non-hydrogen) atoms. The van der Waals surface area contributed by atoms with E-state index in [9.17, 15) is 13.2 Å². The van der Waals surface area contributed by atoms with Gasteiger partial charge in [0, 0.05) is 55.5 Å². The van der Waals surface area contributed by atoms with E-state index in [1.807, 2.05) is 30.5 Å². The lowest BCUT2D eigenvalue weighted by atomic mass is 10.1. The molecule has 0 unspecified atom stereocenters. The van der Waals surface area contributed by atoms with Crippen LogP contribution in [-0.2, 0) is 16.4 Å². The molecule has 2 aliphatic heterocycles. The van der Waals surface area contributed by atoms with Crippen LogP contribution in [0.1, 0.15) is 48.0 Å². The molecule has 0 radical (unpaired) electrons. The molecule has 1 aromatic heterocycles. The first-order chi connectivity index (χ1) is 16.5. The standard InChI is InChI=1S/C26H32N4O3S/c31-26(27-13-12-20-19-28-24-9-3-2-8-22(20)24)23-18-21(10-11-25(23)29-14-6-7-15-29)34(32,33)30-16-4-1-5-17-30/h2-3,8-11,18-19,28H,1,4-7,12-17H2,(H,27,31). The summed E-state index contributed by atoms with van der Waals surface area (Å²) in [7, 11) is -3.61. The number of benzene rings is 2. The zero-order valence-corrected chi connectivity index (χ0v) is 20.2. The fraction of sp³-hybridized carbons (Fsp3) is 0.423. The normalized spacial score (nSPS) is 17.4. The van der Waals surface area contributed by atoms with Gasteiger partial charge in [-0.1, -0.05) is 24.6 Å². The molecule has 180 valence electrons. The van der Waals surface area contributed by atoms with Gasteiger partial charge in [0.25, 0.3) is 5.91 Å². The van der Waals surface area contributed by atoms with Crippen LogP contribution in [-0.4, -0.2) is 56.3 Å². The van der Waals surface area contributed by atoms with E-state index in [1.54, 1.807) is 16.4 Å². The highest BCUT2D eigenvalue weighted by molar-refractivity contribution is 7.89. The minimum Gasteiger partial charge on any atom is -0.371 e. The molecule has 0 spiro atoms. The van der Waals surface area contributed by atoms with Gasteiger partial charge in [0.05, 0.1) is 10.5 Å². The molecule has 2 fully saturated rings. The lowest BCUT2D eigenvalue weighted by Crippen LogP contribution is -2.36. The average Bonchev–Trinajstić information content (AvgIpc) is 3.55. The van der Waals surface area contributed by atoms with Crippen molar-refractivity contribution < 1.29 is 13.2 Å². The second-order valence-corrected chi connectivity index (χ2v) is 11.1. The first kappa shape index (κ1) is 22.9. The van der Waals surface area contributed by atoms with Crippen molar-refractivity contribution in [2.45, 2.75) is 43.4 Å². The summed E-state index contributed by atoms with van der Waals surface area (Å²) in [6.07, 6.45) is 7.66. The monoisotopic (exact) mass is 480 g/mol. The van der Waals surface area contributed by atoms with Crippen LogP contribution in [0, 0.1) is 0 Å². The van der Waals surface area contributed by atoms with Crippen molar-refractivity contribution in [2.24, 2.45) is 0 Å². The predicted octanol–water partition coefficient (Wildman–Crippen LogP) is 3.92. The second kappa shape index (κ2) is 9.80. The summed E-state index contributed by atoms with van der Waals surface area (Å²) in [6.45, 7) is 3.33. The van der Waals surface area contributed by atoms with E-state index in [2.05, 4.69) is 21.3 Å². The number of H-pyrrole nitrogens is 1. The highest BCUT2D eigenvalue weighted by Crippen LogP contribution is 2.29. The molecular weight excluding hydrogens is 448 g/mol. The molecule has 2 N–H and O–H groups in total. The number of amides is 1. The van der Waals surface area contributed by atoms with Crippen molar-refractivity contribution >= 4 is 32.5 Å². The number of hydrogen-bond acceptors (Lipinski definition) is 4. The van der Waals surface area contributed by atoms with Crippen LogP contribution >= 0.6 is 0 Å². The van der Waals surface area contributed by atoms with E-state index in [0.717, 1.165) is 67.3 Å². The fourth-order valence-corrected chi connectivity index (χ4v) is 6.63. The number of carbonyl (C=O) groups is 1. The minimum absolute atomic E-state index is 0.208. The summed E-state index contributed by atoms with van der Waals surface area (Å²) < 4.78 is 28.1. The number of para-hydroxylation sites is 1. The number of hydrogen-bond donors (Lipinski definition) is 2. The molecule has 7 nitrogen and oxygen atoms in total. The Morgan fingerprint density at radius 2 is 1.68 bits per heavy atom. The number of nitrogens with one attached hydrogen (secondary N) is 2. The fourth-order valence-electron chi connectivity index (χ4n) is 5.09. The Morgan fingerprint density at radius 1 is 0.941 bits per heavy atom. The highest BCUT2D eigenvalue weighted by atomic mass is 32.2. The van der Waals surface area contributed by atoms with Gasteiger partial charge in [-0.15, -0.1) is 0 Å². The van der Waals surface area contributed by atoms with Gasteiger partial charge < -0.3 is 15.2 Å². The van der Waals surface area contributed by atoms with Crippen molar-refractivity contribution in [3.63, 3.8) is 0 Å². The number of piperidine rings is 1. The molecule has 2 saturated heterocycles. The van der Waals surface area contributed by atoms with Crippen molar-refractivity contribution in [3.05, 3.63) is 59.8 Å². The minimum atomic E-state index is -3.61. The predicted molar refractivity (Wildman–Crippen MR) is 135 cm³/mol. The van der Waals surface area contributed by atoms with Crippen LogP contribution in [0.4, 0.5) is 5.69 Å². The van der Waals surface area contributed by atoms with E-state index in [1.165, 1.54) is 0 Å². The van der Waals surface area contributed by atoms with Crippen molar-refractivity contribution in [3.8, 4) is 0 Å². The van der Waals surface area contributed by atoms with Crippen LogP contribution in [0.25, 0.3) is 10.9 Å². The number of sulfonamides is 1. The molecule has 1 amide bonds. The summed E-state index contributed by atoms with van der Waals surface area (Å²) in [6, 6.07) is 13.2. The van der Waals surface area contributed by atoms with Crippen LogP contribution in [0.5, 0.6) is 0 Å². The van der Waals surface area contributed by atoms with Crippen LogP contribution in [0.2, 0.25) is 0 Å². The molecular formula is C26H32N4O3S. The van der Waals surface area contributed by atoms with E-state index < -0.39 is 10.0 Å². The van der Waals surface area contributed by atoms with Gasteiger partial charge in [-0.05, 0) is 61.9 Å². The SMILES string of the molecule is O=C(NCCc1c[nH]c2ccccc12)c1cc(S(=O)(=O)N2CCCCC2)ccc1N1CCCC1. The van der Waals surface area contributed by atoms with Crippen molar-refractivity contribution in [1.82, 2.24) is 14.6 Å². The van der Waals surface area contributed by atoms with Crippen molar-refractivity contribution in [2.75, 3.05) is 37.6 Å². The first-order valence-electron chi connectivity index (χ1n) is 12.3.